The Balaban J connectivity index is 1.63. The van der Waals surface area contributed by atoms with E-state index in [0.29, 0.717) is 25.0 Å². The zero-order valence-electron chi connectivity index (χ0n) is 28.5. The summed E-state index contributed by atoms with van der Waals surface area (Å²) in [4.78, 5) is 76.8. The van der Waals surface area contributed by atoms with Crippen LogP contribution in [0.1, 0.15) is 90.7 Å². The quantitative estimate of drug-likeness (QED) is 0.144. The number of allylic oxidation sites excluding steroid dienone is 1. The molecule has 1 aliphatic carbocycles. The maximum absolute atomic E-state index is 13.6. The van der Waals surface area contributed by atoms with E-state index in [1.54, 1.807) is 30.3 Å². The smallest absolute Gasteiger partial charge is 0.407 e. The Morgan fingerprint density at radius 1 is 0.979 bits per heavy atom. The third-order valence-corrected chi connectivity index (χ3v) is 8.57. The Bertz CT molecular complexity index is 1310. The summed E-state index contributed by atoms with van der Waals surface area (Å²) in [5, 5.41) is 13.9. The molecule has 1 aromatic carbocycles. The van der Waals surface area contributed by atoms with E-state index in [9.17, 15) is 28.8 Å². The summed E-state index contributed by atoms with van der Waals surface area (Å²) < 4.78 is 5.42. The third kappa shape index (κ3) is 11.7. The van der Waals surface area contributed by atoms with Crippen LogP contribution < -0.4 is 32.3 Å². The Morgan fingerprint density at radius 2 is 1.67 bits per heavy atom. The summed E-state index contributed by atoms with van der Waals surface area (Å²) in [6.45, 7) is 7.47. The molecule has 5 amide bonds. The summed E-state index contributed by atoms with van der Waals surface area (Å²) in [6, 6.07) is 5.11. The van der Waals surface area contributed by atoms with Crippen LogP contribution in [0.5, 0.6) is 0 Å². The second-order valence-corrected chi connectivity index (χ2v) is 13.3. The largest absolute Gasteiger partial charge is 0.449 e. The molecule has 2 aliphatic rings. The number of nitrogens with one attached hydrogen (secondary N) is 5. The molecule has 7 N–H and O–H groups in total. The summed E-state index contributed by atoms with van der Waals surface area (Å²) >= 11 is 0. The molecule has 13 heteroatoms. The lowest BCUT2D eigenvalue weighted by molar-refractivity contribution is -0.141. The zero-order valence-corrected chi connectivity index (χ0v) is 28.5. The van der Waals surface area contributed by atoms with Gasteiger partial charge in [0, 0.05) is 5.70 Å². The number of hydrogen-bond acceptors (Lipinski definition) is 8. The van der Waals surface area contributed by atoms with Crippen molar-refractivity contribution >= 4 is 35.5 Å². The Morgan fingerprint density at radius 3 is 2.29 bits per heavy atom. The molecule has 1 fully saturated rings. The first-order valence-electron chi connectivity index (χ1n) is 17.1. The van der Waals surface area contributed by atoms with Crippen LogP contribution in [0.15, 0.2) is 42.1 Å². The molecule has 0 spiro atoms. The number of carbonyl (C=O) groups is 6. The third-order valence-electron chi connectivity index (χ3n) is 8.57. The molecule has 0 saturated heterocycles. The number of benzene rings is 1. The number of hydrogen-bond donors (Lipinski definition) is 6. The van der Waals surface area contributed by atoms with Gasteiger partial charge in [-0.25, -0.2) is 4.79 Å². The van der Waals surface area contributed by atoms with Gasteiger partial charge in [0.25, 0.3) is 5.91 Å². The van der Waals surface area contributed by atoms with E-state index in [1.807, 2.05) is 33.8 Å². The standard InChI is InChI=1S/C35H52N6O7/c1-5-12-25(31(43)34(46)37-19-28(42)40-30(32(36)44)24-15-10-7-11-16-24)39-33(45)27-18-22(4)17-26(38-27)29(23-13-8-6-9-14-23)41-35(47)48-20-21(2)3/h7,10-11,15-17,21-23,25,27,29-30,38H,5-6,8-9,12-14,18-20H2,1-4H3,(H2,36,44)(H,37,46)(H,39,45)(H,40,42)(H,41,47). The summed E-state index contributed by atoms with van der Waals surface area (Å²) in [5.74, 6) is -3.49. The first kappa shape index (κ1) is 38.0. The first-order valence-corrected chi connectivity index (χ1v) is 17.1. The molecule has 0 bridgehead atoms. The van der Waals surface area contributed by atoms with Crippen molar-refractivity contribution in [3.63, 3.8) is 0 Å². The van der Waals surface area contributed by atoms with Crippen LogP contribution in [0.3, 0.4) is 0 Å². The molecule has 5 unspecified atom stereocenters. The Labute approximate surface area is 282 Å². The van der Waals surface area contributed by atoms with Crippen LogP contribution in [-0.4, -0.2) is 66.8 Å². The fourth-order valence-electron chi connectivity index (χ4n) is 6.16. The van der Waals surface area contributed by atoms with Gasteiger partial charge in [-0.3, -0.25) is 24.0 Å². The van der Waals surface area contributed by atoms with Crippen LogP contribution in [0.25, 0.3) is 0 Å². The average Bonchev–Trinajstić information content (AvgIpc) is 3.07. The second kappa shape index (κ2) is 18.8. The summed E-state index contributed by atoms with van der Waals surface area (Å²) in [5.41, 5.74) is 6.67. The van der Waals surface area contributed by atoms with Gasteiger partial charge in [0.05, 0.1) is 25.2 Å². The van der Waals surface area contributed by atoms with Gasteiger partial charge in [0.2, 0.25) is 23.5 Å². The molecular weight excluding hydrogens is 616 g/mol. The number of amides is 5. The van der Waals surface area contributed by atoms with Crippen molar-refractivity contribution in [2.24, 2.45) is 23.5 Å². The van der Waals surface area contributed by atoms with Gasteiger partial charge < -0.3 is 37.1 Å². The predicted octanol–water partition coefficient (Wildman–Crippen LogP) is 2.51. The van der Waals surface area contributed by atoms with Crippen LogP contribution >= 0.6 is 0 Å². The van der Waals surface area contributed by atoms with E-state index in [4.69, 9.17) is 10.5 Å². The van der Waals surface area contributed by atoms with E-state index in [2.05, 4.69) is 26.6 Å². The molecule has 1 saturated carbocycles. The first-order chi connectivity index (χ1) is 22.9. The topological polar surface area (TPSA) is 198 Å². The molecular formula is C35H52N6O7. The minimum Gasteiger partial charge on any atom is -0.449 e. The number of nitrogens with two attached hydrogens (primary N) is 1. The van der Waals surface area contributed by atoms with Gasteiger partial charge in [-0.05, 0) is 49.0 Å². The molecule has 0 aromatic heterocycles. The minimum absolute atomic E-state index is 0.00109. The lowest BCUT2D eigenvalue weighted by Crippen LogP contribution is -2.56. The molecule has 0 radical (unpaired) electrons. The van der Waals surface area contributed by atoms with Crippen molar-refractivity contribution in [1.82, 2.24) is 26.6 Å². The second-order valence-electron chi connectivity index (χ2n) is 13.3. The lowest BCUT2D eigenvalue weighted by atomic mass is 9.80. The molecule has 264 valence electrons. The van der Waals surface area contributed by atoms with Crippen molar-refractivity contribution in [2.45, 2.75) is 103 Å². The number of ketones is 1. The number of alkyl carbamates (subject to hydrolysis) is 1. The number of Topliss-reactive ketones (excluding diaryl/α,β-unsaturated/α-hetero) is 1. The molecule has 1 aliphatic heterocycles. The monoisotopic (exact) mass is 668 g/mol. The van der Waals surface area contributed by atoms with Gasteiger partial charge in [-0.15, -0.1) is 0 Å². The SMILES string of the molecule is CCCC(NC(=O)C1CC(C)C=C(C(NC(=O)OCC(C)C)C2CCCCC2)N1)C(=O)C(=O)NCC(=O)NC(C(N)=O)c1ccccc1. The fourth-order valence-corrected chi connectivity index (χ4v) is 6.16. The maximum Gasteiger partial charge on any atom is 0.407 e. The van der Waals surface area contributed by atoms with Gasteiger partial charge in [0.1, 0.15) is 12.1 Å². The molecule has 1 aromatic rings. The fraction of sp³-hybridized carbons (Fsp3) is 0.600. The minimum atomic E-state index is -1.11. The highest BCUT2D eigenvalue weighted by molar-refractivity contribution is 6.38. The van der Waals surface area contributed by atoms with Crippen molar-refractivity contribution in [1.29, 1.82) is 0 Å². The summed E-state index contributed by atoms with van der Waals surface area (Å²) in [6.07, 6.45) is 7.84. The summed E-state index contributed by atoms with van der Waals surface area (Å²) in [7, 11) is 0. The average molecular weight is 669 g/mol. The normalized spacial score (nSPS) is 19.8. The van der Waals surface area contributed by atoms with Crippen molar-refractivity contribution < 1.29 is 33.5 Å². The van der Waals surface area contributed by atoms with E-state index in [0.717, 1.165) is 37.8 Å². The van der Waals surface area contributed by atoms with Crippen LogP contribution in [0.4, 0.5) is 4.79 Å². The number of carbonyl (C=O) groups excluding carboxylic acids is 6. The van der Waals surface area contributed by atoms with Crippen molar-refractivity contribution in [3.05, 3.63) is 47.7 Å². The zero-order chi connectivity index (χ0) is 35.2. The molecule has 3 rings (SSSR count). The number of ether oxygens (including phenoxy) is 1. The van der Waals surface area contributed by atoms with Gasteiger partial charge in [0.15, 0.2) is 0 Å². The van der Waals surface area contributed by atoms with Gasteiger partial charge in [-0.1, -0.05) is 89.8 Å². The molecule has 1 heterocycles. The van der Waals surface area contributed by atoms with E-state index in [1.165, 1.54) is 0 Å². The number of rotatable bonds is 16. The van der Waals surface area contributed by atoms with Crippen molar-refractivity contribution in [2.75, 3.05) is 13.2 Å². The molecule has 48 heavy (non-hydrogen) atoms. The molecule has 13 nitrogen and oxygen atoms in total. The van der Waals surface area contributed by atoms with Crippen LogP contribution in [-0.2, 0) is 28.7 Å². The van der Waals surface area contributed by atoms with E-state index < -0.39 is 60.2 Å². The van der Waals surface area contributed by atoms with Gasteiger partial charge in [-0.2, -0.15) is 0 Å². The Hall–Kier alpha value is -4.42. The Kier molecular flexibility index (Phi) is 14.9. The highest BCUT2D eigenvalue weighted by Gasteiger charge is 2.36. The maximum atomic E-state index is 13.6. The predicted molar refractivity (Wildman–Crippen MR) is 180 cm³/mol. The number of primary amides is 1. The van der Waals surface area contributed by atoms with E-state index >= 15 is 0 Å². The molecule has 5 atom stereocenters. The highest BCUT2D eigenvalue weighted by Crippen LogP contribution is 2.31. The highest BCUT2D eigenvalue weighted by atomic mass is 16.5. The lowest BCUT2D eigenvalue weighted by Gasteiger charge is -2.37. The van der Waals surface area contributed by atoms with Gasteiger partial charge >= 0.3 is 6.09 Å². The van der Waals surface area contributed by atoms with Crippen LogP contribution in [0.2, 0.25) is 0 Å². The van der Waals surface area contributed by atoms with E-state index in [-0.39, 0.29) is 30.2 Å². The van der Waals surface area contributed by atoms with Crippen LogP contribution in [0, 0.1) is 17.8 Å². The van der Waals surface area contributed by atoms with Crippen molar-refractivity contribution in [3.8, 4) is 0 Å².